The van der Waals surface area contributed by atoms with Crippen molar-refractivity contribution in [1.29, 1.82) is 0 Å². The van der Waals surface area contributed by atoms with Crippen LogP contribution < -0.4 is 11.3 Å². The summed E-state index contributed by atoms with van der Waals surface area (Å²) in [5, 5.41) is 0. The summed E-state index contributed by atoms with van der Waals surface area (Å²) in [6.45, 7) is 2.56. The van der Waals surface area contributed by atoms with E-state index in [1.54, 1.807) is 19.2 Å². The number of hydrogen-bond donors (Lipinski definition) is 2. The minimum atomic E-state index is -0.369. The third kappa shape index (κ3) is 3.66. The van der Waals surface area contributed by atoms with Crippen molar-refractivity contribution in [1.82, 2.24) is 10.4 Å². The second-order valence-electron chi connectivity index (χ2n) is 4.28. The van der Waals surface area contributed by atoms with Crippen molar-refractivity contribution in [3.63, 3.8) is 0 Å². The first-order valence-electron chi connectivity index (χ1n) is 6.28. The van der Waals surface area contributed by atoms with Gasteiger partial charge in [0, 0.05) is 18.3 Å². The van der Waals surface area contributed by atoms with Crippen LogP contribution in [0.3, 0.4) is 0 Å². The molecule has 0 aliphatic carbocycles. The standard InChI is InChI=1S/C14H17N3O3/c1-10-13(14(18)17-15)8-12(20-10)9-19-7-5-11-4-2-3-6-16-11/h2-4,6,8H,5,7,9,15H2,1H3,(H,17,18). The SMILES string of the molecule is Cc1oc(COCCc2ccccn2)cc1C(=O)NN. The predicted octanol–water partition coefficient (Wildman–Crippen LogP) is 1.35. The number of aromatic nitrogens is 1. The van der Waals surface area contributed by atoms with Gasteiger partial charge in [-0.3, -0.25) is 15.2 Å². The Kier molecular flexibility index (Phi) is 4.86. The smallest absolute Gasteiger partial charge is 0.268 e. The number of hydrogen-bond acceptors (Lipinski definition) is 5. The van der Waals surface area contributed by atoms with Gasteiger partial charge >= 0.3 is 0 Å². The number of aryl methyl sites for hydroxylation is 1. The normalized spacial score (nSPS) is 10.5. The van der Waals surface area contributed by atoms with E-state index in [9.17, 15) is 4.79 Å². The van der Waals surface area contributed by atoms with Crippen molar-refractivity contribution in [2.75, 3.05) is 6.61 Å². The molecule has 0 spiro atoms. The number of pyridine rings is 1. The summed E-state index contributed by atoms with van der Waals surface area (Å²) in [6.07, 6.45) is 2.49. The first-order valence-corrected chi connectivity index (χ1v) is 6.28. The average Bonchev–Trinajstić information content (AvgIpc) is 2.85. The number of furan rings is 1. The van der Waals surface area contributed by atoms with Gasteiger partial charge in [0.15, 0.2) is 0 Å². The molecule has 1 amide bonds. The number of ether oxygens (including phenoxy) is 1. The Balaban J connectivity index is 1.81. The molecule has 0 saturated heterocycles. The Morgan fingerprint density at radius 1 is 1.50 bits per heavy atom. The van der Waals surface area contributed by atoms with Gasteiger partial charge in [0.05, 0.1) is 12.2 Å². The molecule has 0 atom stereocenters. The summed E-state index contributed by atoms with van der Waals surface area (Å²) in [5.41, 5.74) is 3.48. The molecule has 0 bridgehead atoms. The first-order chi connectivity index (χ1) is 9.70. The monoisotopic (exact) mass is 275 g/mol. The number of nitrogens with one attached hydrogen (secondary N) is 1. The molecule has 2 aromatic heterocycles. The second kappa shape index (κ2) is 6.83. The zero-order chi connectivity index (χ0) is 14.4. The van der Waals surface area contributed by atoms with Crippen LogP contribution in [0.5, 0.6) is 0 Å². The molecule has 0 fully saturated rings. The molecule has 0 saturated carbocycles. The molecule has 2 heterocycles. The van der Waals surface area contributed by atoms with E-state index in [-0.39, 0.29) is 5.91 Å². The van der Waals surface area contributed by atoms with Crippen LogP contribution in [0.2, 0.25) is 0 Å². The molecule has 106 valence electrons. The topological polar surface area (TPSA) is 90.4 Å². The van der Waals surface area contributed by atoms with Gasteiger partial charge in [0.25, 0.3) is 5.91 Å². The number of rotatable bonds is 6. The van der Waals surface area contributed by atoms with Crippen molar-refractivity contribution in [2.24, 2.45) is 5.84 Å². The second-order valence-corrected chi connectivity index (χ2v) is 4.28. The van der Waals surface area contributed by atoms with E-state index in [0.29, 0.717) is 30.3 Å². The largest absolute Gasteiger partial charge is 0.463 e. The molecule has 0 aromatic carbocycles. The Bertz CT molecular complexity index is 566. The average molecular weight is 275 g/mol. The van der Waals surface area contributed by atoms with E-state index < -0.39 is 0 Å². The van der Waals surface area contributed by atoms with E-state index in [2.05, 4.69) is 10.4 Å². The molecule has 6 nitrogen and oxygen atoms in total. The third-order valence-corrected chi connectivity index (χ3v) is 2.82. The lowest BCUT2D eigenvalue weighted by Gasteiger charge is -2.01. The van der Waals surface area contributed by atoms with Gasteiger partial charge in [-0.05, 0) is 25.1 Å². The van der Waals surface area contributed by atoms with Crippen molar-refractivity contribution in [3.8, 4) is 0 Å². The maximum Gasteiger partial charge on any atom is 0.268 e. The van der Waals surface area contributed by atoms with Crippen LogP contribution in [0.15, 0.2) is 34.9 Å². The number of nitrogens with zero attached hydrogens (tertiary/aromatic N) is 1. The lowest BCUT2D eigenvalue weighted by atomic mass is 10.2. The van der Waals surface area contributed by atoms with E-state index >= 15 is 0 Å². The molecule has 0 unspecified atom stereocenters. The maximum absolute atomic E-state index is 11.4. The number of nitrogens with two attached hydrogens (primary N) is 1. The molecular formula is C14H17N3O3. The van der Waals surface area contributed by atoms with Crippen molar-refractivity contribution in [3.05, 3.63) is 53.2 Å². The van der Waals surface area contributed by atoms with Gasteiger partial charge in [-0.15, -0.1) is 0 Å². The molecule has 0 aliphatic heterocycles. The van der Waals surface area contributed by atoms with Crippen molar-refractivity contribution >= 4 is 5.91 Å². The molecule has 6 heteroatoms. The van der Waals surface area contributed by atoms with E-state index in [1.807, 2.05) is 18.2 Å². The summed E-state index contributed by atoms with van der Waals surface area (Å²) in [4.78, 5) is 15.6. The van der Waals surface area contributed by atoms with Gasteiger partial charge in [-0.1, -0.05) is 6.07 Å². The highest BCUT2D eigenvalue weighted by atomic mass is 16.5. The highest BCUT2D eigenvalue weighted by molar-refractivity contribution is 5.94. The van der Waals surface area contributed by atoms with E-state index in [4.69, 9.17) is 15.0 Å². The third-order valence-electron chi connectivity index (χ3n) is 2.82. The minimum Gasteiger partial charge on any atom is -0.463 e. The lowest BCUT2D eigenvalue weighted by molar-refractivity contribution is 0.0952. The minimum absolute atomic E-state index is 0.311. The summed E-state index contributed by atoms with van der Waals surface area (Å²) < 4.78 is 10.9. The number of amides is 1. The maximum atomic E-state index is 11.4. The molecule has 2 aromatic rings. The van der Waals surface area contributed by atoms with Gasteiger partial charge in [-0.2, -0.15) is 0 Å². The molecule has 0 aliphatic rings. The first kappa shape index (κ1) is 14.2. The fourth-order valence-electron chi connectivity index (χ4n) is 1.81. The lowest BCUT2D eigenvalue weighted by Crippen LogP contribution is -2.30. The van der Waals surface area contributed by atoms with Crippen LogP contribution in [0.4, 0.5) is 0 Å². The predicted molar refractivity (Wildman–Crippen MR) is 72.7 cm³/mol. The van der Waals surface area contributed by atoms with Crippen LogP contribution in [-0.4, -0.2) is 17.5 Å². The van der Waals surface area contributed by atoms with Gasteiger partial charge in [0.2, 0.25) is 0 Å². The Morgan fingerprint density at radius 2 is 2.35 bits per heavy atom. The van der Waals surface area contributed by atoms with Crippen molar-refractivity contribution in [2.45, 2.75) is 20.0 Å². The van der Waals surface area contributed by atoms with Crippen LogP contribution in [0.1, 0.15) is 27.6 Å². The summed E-state index contributed by atoms with van der Waals surface area (Å²) in [7, 11) is 0. The molecule has 20 heavy (non-hydrogen) atoms. The van der Waals surface area contributed by atoms with Crippen LogP contribution >= 0.6 is 0 Å². The van der Waals surface area contributed by atoms with Gasteiger partial charge in [0.1, 0.15) is 18.1 Å². The zero-order valence-electron chi connectivity index (χ0n) is 11.3. The van der Waals surface area contributed by atoms with Crippen LogP contribution in [0, 0.1) is 6.92 Å². The van der Waals surface area contributed by atoms with Crippen molar-refractivity contribution < 1.29 is 13.9 Å². The van der Waals surface area contributed by atoms with Gasteiger partial charge in [-0.25, -0.2) is 5.84 Å². The Labute approximate surface area is 116 Å². The van der Waals surface area contributed by atoms with E-state index in [1.165, 1.54) is 0 Å². The summed E-state index contributed by atoms with van der Waals surface area (Å²) >= 11 is 0. The molecule has 2 rings (SSSR count). The molecular weight excluding hydrogens is 258 g/mol. The quantitative estimate of drug-likeness (QED) is 0.359. The number of nitrogen functional groups attached to an aromatic ring is 1. The fraction of sp³-hybridized carbons (Fsp3) is 0.286. The summed E-state index contributed by atoms with van der Waals surface area (Å²) in [6, 6.07) is 7.40. The number of carbonyl (C=O) groups excluding carboxylic acids is 1. The zero-order valence-corrected chi connectivity index (χ0v) is 11.3. The highest BCUT2D eigenvalue weighted by Gasteiger charge is 2.13. The Morgan fingerprint density at radius 3 is 3.05 bits per heavy atom. The molecule has 3 N–H and O–H groups in total. The Hall–Kier alpha value is -2.18. The van der Waals surface area contributed by atoms with E-state index in [0.717, 1.165) is 12.1 Å². The summed E-state index contributed by atoms with van der Waals surface area (Å²) in [5.74, 6) is 5.84. The number of carbonyl (C=O) groups is 1. The van der Waals surface area contributed by atoms with Crippen LogP contribution in [0.25, 0.3) is 0 Å². The van der Waals surface area contributed by atoms with Gasteiger partial charge < -0.3 is 9.15 Å². The van der Waals surface area contributed by atoms with Crippen LogP contribution in [-0.2, 0) is 17.8 Å². The number of hydrazine groups is 1. The highest BCUT2D eigenvalue weighted by Crippen LogP contribution is 2.15. The fourth-order valence-corrected chi connectivity index (χ4v) is 1.81. The molecule has 0 radical (unpaired) electrons.